The largest absolute Gasteiger partial charge is 0.338 e. The molecule has 0 fully saturated rings. The molecule has 0 radical (unpaired) electrons. The van der Waals surface area contributed by atoms with E-state index in [1.54, 1.807) is 23.3 Å². The van der Waals surface area contributed by atoms with Gasteiger partial charge in [-0.05, 0) is 38.3 Å². The minimum Gasteiger partial charge on any atom is -0.338 e. The van der Waals surface area contributed by atoms with Crippen LogP contribution in [0.15, 0.2) is 42.2 Å². The molecule has 142 valence electrons. The van der Waals surface area contributed by atoms with E-state index < -0.39 is 0 Å². The molecule has 1 N–H and O–H groups in total. The van der Waals surface area contributed by atoms with Gasteiger partial charge in [-0.1, -0.05) is 18.2 Å². The molecule has 0 aliphatic rings. The lowest BCUT2D eigenvalue weighted by Crippen LogP contribution is -2.37. The molecule has 0 spiro atoms. The summed E-state index contributed by atoms with van der Waals surface area (Å²) >= 11 is 1.67. The highest BCUT2D eigenvalue weighted by Gasteiger charge is 2.11. The third-order valence-electron chi connectivity index (χ3n) is 4.47. The molecular formula is C20H25N5OS. The highest BCUT2D eigenvalue weighted by atomic mass is 32.1. The van der Waals surface area contributed by atoms with Gasteiger partial charge in [0.25, 0.3) is 0 Å². The van der Waals surface area contributed by atoms with Crippen LogP contribution >= 0.6 is 11.3 Å². The summed E-state index contributed by atoms with van der Waals surface area (Å²) in [5.74, 6) is 0. The Morgan fingerprint density at radius 2 is 2.11 bits per heavy atom. The number of amides is 2. The maximum absolute atomic E-state index is 12.3. The molecule has 27 heavy (non-hydrogen) atoms. The first-order valence-corrected chi connectivity index (χ1v) is 9.90. The Morgan fingerprint density at radius 1 is 1.30 bits per heavy atom. The van der Waals surface area contributed by atoms with E-state index in [4.69, 9.17) is 0 Å². The van der Waals surface area contributed by atoms with Crippen molar-refractivity contribution in [3.8, 4) is 5.69 Å². The van der Waals surface area contributed by atoms with E-state index in [-0.39, 0.29) is 6.03 Å². The molecule has 6 nitrogen and oxygen atoms in total. The van der Waals surface area contributed by atoms with Crippen LogP contribution in [0.25, 0.3) is 5.69 Å². The molecule has 0 aliphatic heterocycles. The van der Waals surface area contributed by atoms with Crippen LogP contribution in [0.1, 0.15) is 28.1 Å². The summed E-state index contributed by atoms with van der Waals surface area (Å²) < 4.78 is 1.85. The number of aromatic nitrogens is 3. The van der Waals surface area contributed by atoms with Crippen LogP contribution in [-0.4, -0.2) is 39.3 Å². The zero-order valence-corrected chi connectivity index (χ0v) is 16.8. The number of hydrogen-bond acceptors (Lipinski definition) is 4. The van der Waals surface area contributed by atoms with E-state index in [1.165, 1.54) is 4.88 Å². The van der Waals surface area contributed by atoms with Gasteiger partial charge in [-0.3, -0.25) is 0 Å². The van der Waals surface area contributed by atoms with E-state index in [0.29, 0.717) is 13.1 Å². The number of nitrogens with zero attached hydrogens (tertiary/aromatic N) is 4. The number of hydrogen-bond donors (Lipinski definition) is 1. The molecule has 0 saturated carbocycles. The molecule has 0 aliphatic carbocycles. The van der Waals surface area contributed by atoms with Gasteiger partial charge < -0.3 is 10.2 Å². The van der Waals surface area contributed by atoms with Crippen molar-refractivity contribution in [1.82, 2.24) is 25.0 Å². The summed E-state index contributed by atoms with van der Waals surface area (Å²) in [7, 11) is 1.80. The first-order valence-electron chi connectivity index (χ1n) is 9.02. The van der Waals surface area contributed by atoms with E-state index in [2.05, 4.69) is 28.4 Å². The van der Waals surface area contributed by atoms with Crippen LogP contribution in [0.5, 0.6) is 0 Å². The van der Waals surface area contributed by atoms with Crippen molar-refractivity contribution < 1.29 is 4.79 Å². The van der Waals surface area contributed by atoms with Crippen molar-refractivity contribution in [2.75, 3.05) is 13.6 Å². The second-order valence-corrected chi connectivity index (χ2v) is 7.57. The van der Waals surface area contributed by atoms with Crippen molar-refractivity contribution in [1.29, 1.82) is 0 Å². The number of rotatable bonds is 7. The molecule has 2 aromatic heterocycles. The lowest BCUT2D eigenvalue weighted by atomic mass is 10.2. The highest BCUT2D eigenvalue weighted by molar-refractivity contribution is 7.09. The normalized spacial score (nSPS) is 10.8. The highest BCUT2D eigenvalue weighted by Crippen LogP contribution is 2.15. The van der Waals surface area contributed by atoms with Crippen molar-refractivity contribution in [2.45, 2.75) is 33.2 Å². The Kier molecular flexibility index (Phi) is 6.24. The number of carbonyl (C=O) groups excluding carboxylic acids is 1. The fourth-order valence-corrected chi connectivity index (χ4v) is 3.71. The van der Waals surface area contributed by atoms with Gasteiger partial charge in [0.15, 0.2) is 0 Å². The second-order valence-electron chi connectivity index (χ2n) is 6.63. The van der Waals surface area contributed by atoms with Gasteiger partial charge in [-0.15, -0.1) is 11.3 Å². The predicted molar refractivity (Wildman–Crippen MR) is 108 cm³/mol. The predicted octanol–water partition coefficient (Wildman–Crippen LogP) is 3.72. The molecular weight excluding hydrogens is 358 g/mol. The number of urea groups is 1. The summed E-state index contributed by atoms with van der Waals surface area (Å²) in [5, 5.41) is 7.40. The smallest absolute Gasteiger partial charge is 0.317 e. The molecule has 1 aromatic carbocycles. The van der Waals surface area contributed by atoms with Crippen molar-refractivity contribution in [3.05, 3.63) is 63.9 Å². The summed E-state index contributed by atoms with van der Waals surface area (Å²) in [6.07, 6.45) is 5.64. The number of aryl methyl sites for hydroxylation is 3. The van der Waals surface area contributed by atoms with Gasteiger partial charge in [0, 0.05) is 30.2 Å². The zero-order chi connectivity index (χ0) is 19.2. The Bertz CT molecular complexity index is 901. The van der Waals surface area contributed by atoms with Gasteiger partial charge in [-0.2, -0.15) is 5.10 Å². The molecule has 0 atom stereocenters. The Morgan fingerprint density at radius 3 is 2.85 bits per heavy atom. The Labute approximate surface area is 163 Å². The number of benzene rings is 1. The van der Waals surface area contributed by atoms with E-state index in [1.807, 2.05) is 47.7 Å². The third-order valence-corrected chi connectivity index (χ3v) is 5.46. The lowest BCUT2D eigenvalue weighted by Gasteiger charge is -2.17. The number of para-hydroxylation sites is 1. The van der Waals surface area contributed by atoms with Gasteiger partial charge in [0.05, 0.1) is 29.6 Å². The maximum Gasteiger partial charge on any atom is 0.317 e. The summed E-state index contributed by atoms with van der Waals surface area (Å²) in [4.78, 5) is 19.5. The molecule has 0 saturated heterocycles. The summed E-state index contributed by atoms with van der Waals surface area (Å²) in [5.41, 5.74) is 6.17. The number of carbonyl (C=O) groups is 1. The van der Waals surface area contributed by atoms with Crippen molar-refractivity contribution in [3.63, 3.8) is 0 Å². The number of thiazole rings is 1. The molecule has 3 rings (SSSR count). The average Bonchev–Trinajstić information content (AvgIpc) is 3.28. The third kappa shape index (κ3) is 4.95. The van der Waals surface area contributed by atoms with Crippen molar-refractivity contribution >= 4 is 17.4 Å². The van der Waals surface area contributed by atoms with Gasteiger partial charge >= 0.3 is 6.03 Å². The molecule has 7 heteroatoms. The van der Waals surface area contributed by atoms with Crippen LogP contribution in [0.4, 0.5) is 4.79 Å². The minimum atomic E-state index is -0.0698. The van der Waals surface area contributed by atoms with Gasteiger partial charge in [0.2, 0.25) is 0 Å². The molecule has 3 aromatic rings. The topological polar surface area (TPSA) is 63.1 Å². The maximum atomic E-state index is 12.3. The van der Waals surface area contributed by atoms with Crippen LogP contribution in [0.3, 0.4) is 0 Å². The van der Waals surface area contributed by atoms with Crippen molar-refractivity contribution in [2.24, 2.45) is 0 Å². The molecule has 2 heterocycles. The van der Waals surface area contributed by atoms with Crippen LogP contribution < -0.4 is 5.32 Å². The summed E-state index contributed by atoms with van der Waals surface area (Å²) in [6, 6.07) is 8.03. The molecule has 0 unspecified atom stereocenters. The zero-order valence-electron chi connectivity index (χ0n) is 16.0. The Hall–Kier alpha value is -2.67. The fraction of sp³-hybridized carbons (Fsp3) is 0.350. The van der Waals surface area contributed by atoms with Gasteiger partial charge in [-0.25, -0.2) is 14.5 Å². The van der Waals surface area contributed by atoms with Gasteiger partial charge in [0.1, 0.15) is 0 Å². The van der Waals surface area contributed by atoms with Crippen LogP contribution in [-0.2, 0) is 13.0 Å². The van der Waals surface area contributed by atoms with E-state index in [9.17, 15) is 4.79 Å². The second kappa shape index (κ2) is 8.81. The Balaban J connectivity index is 1.47. The first-order chi connectivity index (χ1) is 13.0. The van der Waals surface area contributed by atoms with E-state index >= 15 is 0 Å². The summed E-state index contributed by atoms with van der Waals surface area (Å²) in [6.45, 7) is 5.26. The van der Waals surface area contributed by atoms with Crippen LogP contribution in [0.2, 0.25) is 0 Å². The number of nitrogens with one attached hydrogen (secondary N) is 1. The average molecular weight is 384 g/mol. The van der Waals surface area contributed by atoms with E-state index in [0.717, 1.165) is 35.3 Å². The SMILES string of the molecule is Cc1ccccc1-n1cc(CN(C)C(=O)NCCCc2scnc2C)cn1. The standard InChI is InChI=1S/C20H25N5OS/c1-15-7-4-5-8-18(15)25-13-17(11-23-25)12-24(3)20(26)21-10-6-9-19-16(2)22-14-27-19/h4-5,7-8,11,13-14H,6,9-10,12H2,1-3H3,(H,21,26). The molecule has 0 bridgehead atoms. The fourth-order valence-electron chi connectivity index (χ4n) is 2.88. The lowest BCUT2D eigenvalue weighted by molar-refractivity contribution is 0.207. The first kappa shape index (κ1) is 19.1. The monoisotopic (exact) mass is 383 g/mol. The van der Waals surface area contributed by atoms with Crippen LogP contribution in [0, 0.1) is 13.8 Å². The molecule has 2 amide bonds. The quantitative estimate of drug-likeness (QED) is 0.633. The minimum absolute atomic E-state index is 0.0698.